The summed E-state index contributed by atoms with van der Waals surface area (Å²) in [4.78, 5) is 12.5. The van der Waals surface area contributed by atoms with E-state index in [0.717, 1.165) is 12.0 Å². The number of carbonyl (C=O) groups excluding carboxylic acids is 1. The maximum Gasteiger partial charge on any atom is 0.251 e. The lowest BCUT2D eigenvalue weighted by molar-refractivity contribution is 0.0951. The molecule has 5 nitrogen and oxygen atoms in total. The van der Waals surface area contributed by atoms with Gasteiger partial charge >= 0.3 is 0 Å². The van der Waals surface area contributed by atoms with Gasteiger partial charge in [-0.05, 0) is 60.2 Å². The number of hydrogen-bond donors (Lipinski definition) is 1. The Morgan fingerprint density at radius 1 is 1.04 bits per heavy atom. The van der Waals surface area contributed by atoms with Gasteiger partial charge in [0.25, 0.3) is 5.91 Å². The molecule has 28 heavy (non-hydrogen) atoms. The summed E-state index contributed by atoms with van der Waals surface area (Å²) in [5, 5.41) is 2.75. The van der Waals surface area contributed by atoms with E-state index in [2.05, 4.69) is 19.2 Å². The normalized spacial score (nSPS) is 20.7. The lowest BCUT2D eigenvalue weighted by atomic mass is 9.94. The van der Waals surface area contributed by atoms with Crippen LogP contribution in [0, 0.1) is 17.7 Å². The number of hydrogen-bond acceptors (Lipinski definition) is 3. The number of nitrogens with one attached hydrogen (secondary N) is 1. The summed E-state index contributed by atoms with van der Waals surface area (Å²) < 4.78 is 40.2. The lowest BCUT2D eigenvalue weighted by Crippen LogP contribution is -2.42. The molecule has 1 saturated heterocycles. The van der Waals surface area contributed by atoms with E-state index in [1.807, 2.05) is 0 Å². The molecule has 2 unspecified atom stereocenters. The molecule has 2 atom stereocenters. The van der Waals surface area contributed by atoms with Gasteiger partial charge in [-0.3, -0.25) is 4.79 Å². The summed E-state index contributed by atoms with van der Waals surface area (Å²) in [6, 6.07) is 11.9. The quantitative estimate of drug-likeness (QED) is 0.830. The average molecular weight is 405 g/mol. The molecule has 2 aromatic rings. The van der Waals surface area contributed by atoms with Gasteiger partial charge in [-0.25, -0.2) is 12.8 Å². The van der Waals surface area contributed by atoms with E-state index in [1.165, 1.54) is 40.7 Å². The zero-order chi connectivity index (χ0) is 20.3. The molecule has 1 amide bonds. The number of sulfonamides is 1. The summed E-state index contributed by atoms with van der Waals surface area (Å²) >= 11 is 0. The highest BCUT2D eigenvalue weighted by Crippen LogP contribution is 2.26. The average Bonchev–Trinajstić information content (AvgIpc) is 2.66. The predicted molar refractivity (Wildman–Crippen MR) is 106 cm³/mol. The Kier molecular flexibility index (Phi) is 6.15. The Labute approximate surface area is 165 Å². The van der Waals surface area contributed by atoms with Crippen molar-refractivity contribution in [3.63, 3.8) is 0 Å². The third-order valence-electron chi connectivity index (χ3n) is 4.96. The monoisotopic (exact) mass is 404 g/mol. The predicted octanol–water partition coefficient (Wildman–Crippen LogP) is 3.42. The number of rotatable bonds is 5. The second kappa shape index (κ2) is 8.41. The van der Waals surface area contributed by atoms with Crippen molar-refractivity contribution >= 4 is 15.9 Å². The van der Waals surface area contributed by atoms with E-state index in [4.69, 9.17) is 0 Å². The van der Waals surface area contributed by atoms with E-state index in [1.54, 1.807) is 12.1 Å². The van der Waals surface area contributed by atoms with Crippen LogP contribution in [-0.4, -0.2) is 31.7 Å². The number of nitrogens with zero attached hydrogens (tertiary/aromatic N) is 1. The molecule has 0 spiro atoms. The molecule has 3 rings (SSSR count). The largest absolute Gasteiger partial charge is 0.348 e. The van der Waals surface area contributed by atoms with Crippen molar-refractivity contribution in [3.05, 3.63) is 65.5 Å². The molecule has 1 heterocycles. The fourth-order valence-corrected chi connectivity index (χ4v) is 5.30. The third-order valence-corrected chi connectivity index (χ3v) is 6.80. The molecule has 2 aromatic carbocycles. The van der Waals surface area contributed by atoms with Crippen molar-refractivity contribution in [1.82, 2.24) is 9.62 Å². The molecule has 1 fully saturated rings. The molecule has 0 radical (unpaired) electrons. The molecule has 7 heteroatoms. The number of halogens is 1. The highest BCUT2D eigenvalue weighted by Gasteiger charge is 2.31. The van der Waals surface area contributed by atoms with Gasteiger partial charge in [0.1, 0.15) is 5.82 Å². The van der Waals surface area contributed by atoms with Crippen LogP contribution in [0.15, 0.2) is 53.4 Å². The first-order valence-electron chi connectivity index (χ1n) is 9.38. The second-order valence-electron chi connectivity index (χ2n) is 7.60. The fraction of sp³-hybridized carbons (Fsp3) is 0.381. The van der Waals surface area contributed by atoms with Crippen molar-refractivity contribution in [2.24, 2.45) is 11.8 Å². The van der Waals surface area contributed by atoms with E-state index < -0.39 is 10.0 Å². The summed E-state index contributed by atoms with van der Waals surface area (Å²) in [5.74, 6) is 0.0166. The van der Waals surface area contributed by atoms with E-state index in [9.17, 15) is 17.6 Å². The first-order chi connectivity index (χ1) is 13.3. The van der Waals surface area contributed by atoms with Crippen LogP contribution in [0.4, 0.5) is 4.39 Å². The minimum atomic E-state index is -3.56. The van der Waals surface area contributed by atoms with E-state index >= 15 is 0 Å². The zero-order valence-electron chi connectivity index (χ0n) is 16.1. The minimum Gasteiger partial charge on any atom is -0.348 e. The Bertz CT molecular complexity index is 917. The van der Waals surface area contributed by atoms with Gasteiger partial charge < -0.3 is 5.32 Å². The fourth-order valence-electron chi connectivity index (χ4n) is 3.62. The lowest BCUT2D eigenvalue weighted by Gasteiger charge is -2.34. The molecule has 1 aliphatic rings. The maximum absolute atomic E-state index is 12.9. The van der Waals surface area contributed by atoms with Crippen molar-refractivity contribution in [3.8, 4) is 0 Å². The van der Waals surface area contributed by atoms with Crippen LogP contribution >= 0.6 is 0 Å². The Morgan fingerprint density at radius 2 is 1.61 bits per heavy atom. The Balaban J connectivity index is 1.66. The first-order valence-corrected chi connectivity index (χ1v) is 10.8. The van der Waals surface area contributed by atoms with Gasteiger partial charge in [-0.1, -0.05) is 26.0 Å². The van der Waals surface area contributed by atoms with Crippen LogP contribution in [0.25, 0.3) is 0 Å². The topological polar surface area (TPSA) is 66.5 Å². The number of amides is 1. The summed E-state index contributed by atoms with van der Waals surface area (Å²) in [7, 11) is -3.56. The molecule has 0 saturated carbocycles. The molecule has 0 bridgehead atoms. The summed E-state index contributed by atoms with van der Waals surface area (Å²) in [6.45, 7) is 5.43. The van der Waals surface area contributed by atoms with Crippen LogP contribution in [0.2, 0.25) is 0 Å². The summed E-state index contributed by atoms with van der Waals surface area (Å²) in [5.41, 5.74) is 1.16. The standard InChI is InChI=1S/C21H25FN2O3S/c1-15-11-16(2)14-24(13-15)28(26,27)20-9-5-18(6-10-20)21(25)23-12-17-3-7-19(22)8-4-17/h3-10,15-16H,11-14H2,1-2H3,(H,23,25). The van der Waals surface area contributed by atoms with Gasteiger partial charge in [0.15, 0.2) is 0 Å². The third kappa shape index (κ3) is 4.77. The SMILES string of the molecule is CC1CC(C)CN(S(=O)(=O)c2ccc(C(=O)NCc3ccc(F)cc3)cc2)C1. The van der Waals surface area contributed by atoms with Gasteiger partial charge in [-0.2, -0.15) is 4.31 Å². The Morgan fingerprint density at radius 3 is 2.18 bits per heavy atom. The number of piperidine rings is 1. The number of carbonyl (C=O) groups is 1. The van der Waals surface area contributed by atoms with E-state index in [0.29, 0.717) is 30.5 Å². The molecule has 0 aliphatic carbocycles. The smallest absolute Gasteiger partial charge is 0.251 e. The van der Waals surface area contributed by atoms with Crippen LogP contribution in [0.3, 0.4) is 0 Å². The van der Waals surface area contributed by atoms with Crippen LogP contribution in [0.1, 0.15) is 36.2 Å². The highest BCUT2D eigenvalue weighted by molar-refractivity contribution is 7.89. The van der Waals surface area contributed by atoms with Crippen LogP contribution < -0.4 is 5.32 Å². The van der Waals surface area contributed by atoms with Gasteiger partial charge in [-0.15, -0.1) is 0 Å². The van der Waals surface area contributed by atoms with Crippen molar-refractivity contribution < 1.29 is 17.6 Å². The highest BCUT2D eigenvalue weighted by atomic mass is 32.2. The molecule has 0 aromatic heterocycles. The van der Waals surface area contributed by atoms with Crippen molar-refractivity contribution in [2.75, 3.05) is 13.1 Å². The summed E-state index contributed by atoms with van der Waals surface area (Å²) in [6.07, 6.45) is 1.03. The second-order valence-corrected chi connectivity index (χ2v) is 9.54. The first kappa shape index (κ1) is 20.5. The number of benzene rings is 2. The van der Waals surface area contributed by atoms with E-state index in [-0.39, 0.29) is 23.2 Å². The Hall–Kier alpha value is -2.25. The minimum absolute atomic E-state index is 0.198. The van der Waals surface area contributed by atoms with Crippen molar-refractivity contribution in [2.45, 2.75) is 31.7 Å². The zero-order valence-corrected chi connectivity index (χ0v) is 16.9. The molecule has 1 aliphatic heterocycles. The molecular weight excluding hydrogens is 379 g/mol. The van der Waals surface area contributed by atoms with Crippen LogP contribution in [-0.2, 0) is 16.6 Å². The van der Waals surface area contributed by atoms with Gasteiger partial charge in [0.05, 0.1) is 4.90 Å². The van der Waals surface area contributed by atoms with Gasteiger partial charge in [0.2, 0.25) is 10.0 Å². The van der Waals surface area contributed by atoms with Gasteiger partial charge in [0, 0.05) is 25.2 Å². The molecular formula is C21H25FN2O3S. The van der Waals surface area contributed by atoms with Crippen LogP contribution in [0.5, 0.6) is 0 Å². The maximum atomic E-state index is 12.9. The molecule has 1 N–H and O–H groups in total. The van der Waals surface area contributed by atoms with Crippen molar-refractivity contribution in [1.29, 1.82) is 0 Å². The molecule has 150 valence electrons.